The van der Waals surface area contributed by atoms with E-state index in [1.165, 1.54) is 18.2 Å². The number of rotatable bonds is 4. The number of nitrogens with zero attached hydrogens (tertiary/aromatic N) is 1. The van der Waals surface area contributed by atoms with E-state index in [4.69, 9.17) is 5.26 Å². The number of phenols is 1. The number of aromatic hydroxyl groups is 1. The number of benzene rings is 2. The van der Waals surface area contributed by atoms with Crippen LogP contribution in [0.25, 0.3) is 0 Å². The molecule has 0 bridgehead atoms. The lowest BCUT2D eigenvalue weighted by atomic mass is 10.2. The average molecular weight is 302 g/mol. The van der Waals surface area contributed by atoms with E-state index in [1.807, 2.05) is 6.07 Å². The monoisotopic (exact) mass is 302 g/mol. The van der Waals surface area contributed by atoms with Crippen LogP contribution < -0.4 is 4.72 Å². The van der Waals surface area contributed by atoms with Crippen molar-refractivity contribution in [3.05, 3.63) is 53.6 Å². The molecule has 0 aliphatic rings. The van der Waals surface area contributed by atoms with Gasteiger partial charge in [0.15, 0.2) is 0 Å². The van der Waals surface area contributed by atoms with Crippen molar-refractivity contribution in [3.8, 4) is 11.8 Å². The fourth-order valence-electron chi connectivity index (χ4n) is 1.76. The van der Waals surface area contributed by atoms with Crippen LogP contribution in [0.1, 0.15) is 11.1 Å². The van der Waals surface area contributed by atoms with Gasteiger partial charge < -0.3 is 5.11 Å². The Morgan fingerprint density at radius 3 is 2.43 bits per heavy atom. The molecular weight excluding hydrogens is 288 g/mol. The first-order valence-corrected chi connectivity index (χ1v) is 7.69. The van der Waals surface area contributed by atoms with Gasteiger partial charge >= 0.3 is 0 Å². The van der Waals surface area contributed by atoms with Crippen LogP contribution >= 0.6 is 0 Å². The zero-order chi connectivity index (χ0) is 15.5. The largest absolute Gasteiger partial charge is 0.508 e. The summed E-state index contributed by atoms with van der Waals surface area (Å²) in [7, 11) is -3.72. The standard InChI is InChI=1S/C15H14N2O3S/c1-11-2-5-13(10-15(11)18)17-21(19,20)14-6-3-12(4-7-14)8-9-16/h2-7,10,17-18H,8H2,1H3. The topological polar surface area (TPSA) is 90.2 Å². The van der Waals surface area contributed by atoms with Crippen molar-refractivity contribution in [3.63, 3.8) is 0 Å². The molecule has 108 valence electrons. The van der Waals surface area contributed by atoms with Crippen molar-refractivity contribution in [1.82, 2.24) is 0 Å². The number of anilines is 1. The summed E-state index contributed by atoms with van der Waals surface area (Å²) in [5.41, 5.74) is 1.71. The highest BCUT2D eigenvalue weighted by atomic mass is 32.2. The van der Waals surface area contributed by atoms with Gasteiger partial charge in [-0.2, -0.15) is 5.26 Å². The van der Waals surface area contributed by atoms with Crippen LogP contribution in [-0.4, -0.2) is 13.5 Å². The molecule has 2 aromatic rings. The molecule has 0 heterocycles. The number of hydrogen-bond donors (Lipinski definition) is 2. The van der Waals surface area contributed by atoms with Crippen LogP contribution in [0.5, 0.6) is 5.75 Å². The number of nitrogens with one attached hydrogen (secondary N) is 1. The van der Waals surface area contributed by atoms with Gasteiger partial charge in [-0.05, 0) is 36.2 Å². The Labute approximate surface area is 123 Å². The summed E-state index contributed by atoms with van der Waals surface area (Å²) in [6.45, 7) is 1.72. The van der Waals surface area contributed by atoms with E-state index in [1.54, 1.807) is 31.2 Å². The Balaban J connectivity index is 2.25. The minimum Gasteiger partial charge on any atom is -0.508 e. The van der Waals surface area contributed by atoms with Crippen molar-refractivity contribution in [2.24, 2.45) is 0 Å². The van der Waals surface area contributed by atoms with Crippen LogP contribution in [0, 0.1) is 18.3 Å². The van der Waals surface area contributed by atoms with Crippen molar-refractivity contribution in [2.75, 3.05) is 4.72 Å². The van der Waals surface area contributed by atoms with E-state index < -0.39 is 10.0 Å². The molecule has 0 spiro atoms. The van der Waals surface area contributed by atoms with Gasteiger partial charge in [0.2, 0.25) is 0 Å². The normalized spacial score (nSPS) is 10.9. The first kappa shape index (κ1) is 14.9. The lowest BCUT2D eigenvalue weighted by molar-refractivity contribution is 0.471. The molecule has 21 heavy (non-hydrogen) atoms. The first-order valence-electron chi connectivity index (χ1n) is 6.21. The molecule has 0 fully saturated rings. The van der Waals surface area contributed by atoms with E-state index in [2.05, 4.69) is 4.72 Å². The third-order valence-corrected chi connectivity index (χ3v) is 4.38. The Bertz CT molecular complexity index is 791. The molecule has 0 unspecified atom stereocenters. The molecule has 0 aliphatic carbocycles. The maximum atomic E-state index is 12.2. The second-order valence-electron chi connectivity index (χ2n) is 4.59. The quantitative estimate of drug-likeness (QED) is 0.908. The highest BCUT2D eigenvalue weighted by molar-refractivity contribution is 7.92. The summed E-state index contributed by atoms with van der Waals surface area (Å²) in [6, 6.07) is 12.7. The maximum Gasteiger partial charge on any atom is 0.261 e. The van der Waals surface area contributed by atoms with E-state index in [0.717, 1.165) is 5.56 Å². The summed E-state index contributed by atoms with van der Waals surface area (Å²) in [5.74, 6) is 0.0274. The average Bonchev–Trinajstić information content (AvgIpc) is 2.44. The summed E-state index contributed by atoms with van der Waals surface area (Å²) < 4.78 is 26.8. The predicted molar refractivity (Wildman–Crippen MR) is 79.4 cm³/mol. The van der Waals surface area contributed by atoms with E-state index in [0.29, 0.717) is 11.3 Å². The van der Waals surface area contributed by atoms with Gasteiger partial charge in [-0.15, -0.1) is 0 Å². The van der Waals surface area contributed by atoms with Crippen molar-refractivity contribution < 1.29 is 13.5 Å². The second kappa shape index (κ2) is 5.85. The maximum absolute atomic E-state index is 12.2. The molecule has 0 saturated carbocycles. The molecule has 5 nitrogen and oxygen atoms in total. The molecule has 2 N–H and O–H groups in total. The Kier molecular flexibility index (Phi) is 4.15. The number of nitriles is 1. The van der Waals surface area contributed by atoms with E-state index in [-0.39, 0.29) is 17.1 Å². The fraction of sp³-hybridized carbons (Fsp3) is 0.133. The lowest BCUT2D eigenvalue weighted by Gasteiger charge is -2.09. The summed E-state index contributed by atoms with van der Waals surface area (Å²) in [4.78, 5) is 0.101. The van der Waals surface area contributed by atoms with Gasteiger partial charge in [0.1, 0.15) is 5.75 Å². The minimum absolute atomic E-state index is 0.0274. The molecule has 0 aromatic heterocycles. The van der Waals surface area contributed by atoms with E-state index >= 15 is 0 Å². The van der Waals surface area contributed by atoms with Gasteiger partial charge in [0.25, 0.3) is 10.0 Å². The molecule has 0 amide bonds. The Morgan fingerprint density at radius 2 is 1.86 bits per heavy atom. The molecule has 0 radical (unpaired) electrons. The number of sulfonamides is 1. The summed E-state index contributed by atoms with van der Waals surface area (Å²) in [6.07, 6.45) is 0.236. The number of hydrogen-bond acceptors (Lipinski definition) is 4. The van der Waals surface area contributed by atoms with Crippen LogP contribution in [0.4, 0.5) is 5.69 Å². The smallest absolute Gasteiger partial charge is 0.261 e. The van der Waals surface area contributed by atoms with Crippen molar-refractivity contribution >= 4 is 15.7 Å². The van der Waals surface area contributed by atoms with Crippen LogP contribution in [-0.2, 0) is 16.4 Å². The minimum atomic E-state index is -3.72. The van der Waals surface area contributed by atoms with Crippen LogP contribution in [0.15, 0.2) is 47.4 Å². The lowest BCUT2D eigenvalue weighted by Crippen LogP contribution is -2.12. The number of phenolic OH excluding ortho intramolecular Hbond substituents is 1. The Morgan fingerprint density at radius 1 is 1.19 bits per heavy atom. The highest BCUT2D eigenvalue weighted by Gasteiger charge is 2.14. The zero-order valence-electron chi connectivity index (χ0n) is 11.4. The second-order valence-corrected chi connectivity index (χ2v) is 6.27. The van der Waals surface area contributed by atoms with Gasteiger partial charge in [0.05, 0.1) is 23.1 Å². The van der Waals surface area contributed by atoms with Crippen molar-refractivity contribution in [2.45, 2.75) is 18.2 Å². The summed E-state index contributed by atoms with van der Waals surface area (Å²) >= 11 is 0. The molecule has 2 aromatic carbocycles. The third-order valence-electron chi connectivity index (χ3n) is 2.98. The van der Waals surface area contributed by atoms with Gasteiger partial charge in [-0.1, -0.05) is 18.2 Å². The third kappa shape index (κ3) is 3.52. The van der Waals surface area contributed by atoms with Gasteiger partial charge in [0, 0.05) is 6.07 Å². The van der Waals surface area contributed by atoms with Gasteiger partial charge in [-0.3, -0.25) is 4.72 Å². The van der Waals surface area contributed by atoms with Crippen LogP contribution in [0.3, 0.4) is 0 Å². The van der Waals surface area contributed by atoms with Crippen LogP contribution in [0.2, 0.25) is 0 Å². The summed E-state index contributed by atoms with van der Waals surface area (Å²) in [5, 5.41) is 18.2. The number of aryl methyl sites for hydroxylation is 1. The highest BCUT2D eigenvalue weighted by Crippen LogP contribution is 2.23. The molecule has 0 atom stereocenters. The SMILES string of the molecule is Cc1ccc(NS(=O)(=O)c2ccc(CC#N)cc2)cc1O. The van der Waals surface area contributed by atoms with Crippen molar-refractivity contribution in [1.29, 1.82) is 5.26 Å². The fourth-order valence-corrected chi connectivity index (χ4v) is 2.81. The first-order chi connectivity index (χ1) is 9.92. The predicted octanol–water partition coefficient (Wildman–Crippen LogP) is 2.57. The molecule has 0 saturated heterocycles. The molecular formula is C15H14N2O3S. The Hall–Kier alpha value is -2.52. The zero-order valence-corrected chi connectivity index (χ0v) is 12.2. The molecule has 6 heteroatoms. The molecule has 0 aliphatic heterocycles. The molecule has 2 rings (SSSR count). The van der Waals surface area contributed by atoms with E-state index in [9.17, 15) is 13.5 Å². The van der Waals surface area contributed by atoms with Gasteiger partial charge in [-0.25, -0.2) is 8.42 Å².